The molecule has 0 amide bonds. The number of halogens is 1. The molecule has 0 aliphatic carbocycles. The summed E-state index contributed by atoms with van der Waals surface area (Å²) in [4.78, 5) is 12.2. The summed E-state index contributed by atoms with van der Waals surface area (Å²) in [6, 6.07) is 3.66. The second kappa shape index (κ2) is 8.59. The van der Waals surface area contributed by atoms with Crippen LogP contribution < -0.4 is 19.9 Å². The van der Waals surface area contributed by atoms with Crippen LogP contribution in [0.4, 0.5) is 5.69 Å². The van der Waals surface area contributed by atoms with Crippen molar-refractivity contribution in [1.29, 1.82) is 0 Å². The maximum Gasteiger partial charge on any atom is 0.341 e. The summed E-state index contributed by atoms with van der Waals surface area (Å²) >= 11 is 5.76. The van der Waals surface area contributed by atoms with Crippen molar-refractivity contribution in [2.75, 3.05) is 33.7 Å². The highest BCUT2D eigenvalue weighted by molar-refractivity contribution is 6.32. The van der Waals surface area contributed by atoms with Gasteiger partial charge in [0.1, 0.15) is 22.8 Å². The lowest BCUT2D eigenvalue weighted by Crippen LogP contribution is -2.11. The van der Waals surface area contributed by atoms with E-state index in [0.717, 1.165) is 12.1 Å². The van der Waals surface area contributed by atoms with E-state index in [1.807, 2.05) is 0 Å². The summed E-state index contributed by atoms with van der Waals surface area (Å²) in [5, 5.41) is 19.1. The molecule has 0 heterocycles. The van der Waals surface area contributed by atoms with Crippen LogP contribution in [0.2, 0.25) is 5.02 Å². The van der Waals surface area contributed by atoms with Crippen LogP contribution in [0.3, 0.4) is 0 Å². The lowest BCUT2D eigenvalue weighted by atomic mass is 10.1. The number of benzene rings is 2. The minimum Gasteiger partial charge on any atom is -0.507 e. The van der Waals surface area contributed by atoms with Gasteiger partial charge in [0.2, 0.25) is 0 Å². The molecule has 0 bridgehead atoms. The maximum atomic E-state index is 12.2. The quantitative estimate of drug-likeness (QED) is 0.481. The van der Waals surface area contributed by atoms with Crippen LogP contribution in [-0.2, 0) is 11.2 Å². The molecule has 0 radical (unpaired) electrons. The van der Waals surface area contributed by atoms with Gasteiger partial charge in [0.05, 0.1) is 38.6 Å². The van der Waals surface area contributed by atoms with Gasteiger partial charge < -0.3 is 34.9 Å². The van der Waals surface area contributed by atoms with Crippen molar-refractivity contribution in [3.63, 3.8) is 0 Å². The molecule has 0 saturated heterocycles. The van der Waals surface area contributed by atoms with E-state index in [9.17, 15) is 15.0 Å². The third kappa shape index (κ3) is 4.22. The summed E-state index contributed by atoms with van der Waals surface area (Å²) in [5.74, 6) is -0.368. The van der Waals surface area contributed by atoms with Gasteiger partial charge in [0.15, 0.2) is 11.5 Å². The largest absolute Gasteiger partial charge is 0.507 e. The van der Waals surface area contributed by atoms with Gasteiger partial charge in [-0.1, -0.05) is 11.6 Å². The van der Waals surface area contributed by atoms with E-state index in [2.05, 4.69) is 0 Å². The van der Waals surface area contributed by atoms with Crippen LogP contribution >= 0.6 is 11.6 Å². The number of nitrogens with two attached hydrogens (primary N) is 1. The first-order valence-corrected chi connectivity index (χ1v) is 8.17. The zero-order valence-electron chi connectivity index (χ0n) is 15.0. The average molecular weight is 398 g/mol. The van der Waals surface area contributed by atoms with Gasteiger partial charge in [-0.3, -0.25) is 0 Å². The number of methoxy groups -OCH3 is 3. The number of hydrogen-bond acceptors (Lipinski definition) is 8. The molecule has 0 fully saturated rings. The van der Waals surface area contributed by atoms with Crippen LogP contribution in [0.5, 0.6) is 28.7 Å². The molecule has 0 aliphatic rings. The van der Waals surface area contributed by atoms with E-state index in [-0.39, 0.29) is 29.4 Å². The molecule has 27 heavy (non-hydrogen) atoms. The first-order valence-electron chi connectivity index (χ1n) is 7.79. The van der Waals surface area contributed by atoms with Gasteiger partial charge in [0.25, 0.3) is 0 Å². The zero-order valence-corrected chi connectivity index (χ0v) is 15.8. The van der Waals surface area contributed by atoms with Gasteiger partial charge in [-0.05, 0) is 6.07 Å². The van der Waals surface area contributed by atoms with Crippen molar-refractivity contribution < 1.29 is 34.0 Å². The normalized spacial score (nSPS) is 10.4. The van der Waals surface area contributed by atoms with E-state index >= 15 is 0 Å². The highest BCUT2D eigenvalue weighted by Crippen LogP contribution is 2.42. The van der Waals surface area contributed by atoms with Gasteiger partial charge in [-0.25, -0.2) is 4.79 Å². The van der Waals surface area contributed by atoms with Crippen molar-refractivity contribution in [3.8, 4) is 28.7 Å². The second-order valence-electron chi connectivity index (χ2n) is 5.42. The lowest BCUT2D eigenvalue weighted by Gasteiger charge is -2.18. The zero-order chi connectivity index (χ0) is 20.1. The summed E-state index contributed by atoms with van der Waals surface area (Å²) in [7, 11) is 4.41. The van der Waals surface area contributed by atoms with Gasteiger partial charge in [-0.2, -0.15) is 0 Å². The maximum absolute atomic E-state index is 12.2. The van der Waals surface area contributed by atoms with Crippen LogP contribution in [0.25, 0.3) is 0 Å². The number of carbonyl (C=O) groups is 1. The number of phenolic OH excluding ortho intramolecular Hbond substituents is 2. The van der Waals surface area contributed by atoms with Crippen molar-refractivity contribution in [2.24, 2.45) is 0 Å². The number of nitrogen functional groups attached to an aromatic ring is 1. The monoisotopic (exact) mass is 397 g/mol. The fraction of sp³-hybridized carbons (Fsp3) is 0.278. The molecule has 2 rings (SSSR count). The van der Waals surface area contributed by atoms with Crippen molar-refractivity contribution in [2.45, 2.75) is 6.42 Å². The van der Waals surface area contributed by atoms with E-state index in [4.69, 9.17) is 36.3 Å². The Kier molecular flexibility index (Phi) is 6.46. The Morgan fingerprint density at radius 1 is 1.04 bits per heavy atom. The summed E-state index contributed by atoms with van der Waals surface area (Å²) in [5.41, 5.74) is 6.71. The Balaban J connectivity index is 2.21. The molecular formula is C18H20ClNO7. The average Bonchev–Trinajstić information content (AvgIpc) is 2.64. The second-order valence-corrected chi connectivity index (χ2v) is 5.83. The molecule has 2 aromatic carbocycles. The van der Waals surface area contributed by atoms with Crippen LogP contribution in [0, 0.1) is 0 Å². The van der Waals surface area contributed by atoms with Crippen molar-refractivity contribution in [1.82, 2.24) is 0 Å². The highest BCUT2D eigenvalue weighted by atomic mass is 35.5. The summed E-state index contributed by atoms with van der Waals surface area (Å²) < 4.78 is 21.1. The fourth-order valence-electron chi connectivity index (χ4n) is 2.58. The van der Waals surface area contributed by atoms with Crippen LogP contribution in [-0.4, -0.2) is 44.1 Å². The number of carbonyl (C=O) groups excluding carboxylic acids is 1. The molecule has 8 nitrogen and oxygen atoms in total. The fourth-order valence-corrected chi connectivity index (χ4v) is 2.74. The molecule has 0 aliphatic heterocycles. The number of anilines is 1. The molecule has 9 heteroatoms. The molecule has 4 N–H and O–H groups in total. The predicted molar refractivity (Wildman–Crippen MR) is 99.3 cm³/mol. The smallest absolute Gasteiger partial charge is 0.341 e. The standard InChI is InChI=1S/C18H20ClNO7/c1-24-15-7-12(20)16(25-2)9(17(15)26-3)4-5-27-18(23)10-6-11(19)14(22)8-13(10)21/h6-8,21-22H,4-5,20H2,1-3H3. The van der Waals surface area contributed by atoms with Gasteiger partial charge in [-0.15, -0.1) is 0 Å². The Bertz CT molecular complexity index is 854. The Morgan fingerprint density at radius 2 is 1.70 bits per heavy atom. The number of aromatic hydroxyl groups is 2. The molecule has 0 aromatic heterocycles. The first-order chi connectivity index (χ1) is 12.8. The highest BCUT2D eigenvalue weighted by Gasteiger charge is 2.21. The Hall–Kier alpha value is -3.00. The molecule has 146 valence electrons. The van der Waals surface area contributed by atoms with E-state index in [1.54, 1.807) is 6.07 Å². The van der Waals surface area contributed by atoms with Crippen LogP contribution in [0.15, 0.2) is 18.2 Å². The van der Waals surface area contributed by atoms with Gasteiger partial charge >= 0.3 is 5.97 Å². The number of rotatable bonds is 7. The van der Waals surface area contributed by atoms with E-state index < -0.39 is 11.7 Å². The molecule has 0 spiro atoms. The summed E-state index contributed by atoms with van der Waals surface area (Å²) in [6.07, 6.45) is 0.214. The Labute approximate surface area is 161 Å². The van der Waals surface area contributed by atoms with E-state index in [0.29, 0.717) is 28.5 Å². The molecular weight excluding hydrogens is 378 g/mol. The minimum absolute atomic E-state index is 0.0594. The van der Waals surface area contributed by atoms with Crippen molar-refractivity contribution >= 4 is 23.3 Å². The van der Waals surface area contributed by atoms with E-state index in [1.165, 1.54) is 21.3 Å². The lowest BCUT2D eigenvalue weighted by molar-refractivity contribution is 0.0504. The van der Waals surface area contributed by atoms with Gasteiger partial charge in [0, 0.05) is 24.1 Å². The third-order valence-electron chi connectivity index (χ3n) is 3.82. The molecule has 2 aromatic rings. The molecule has 0 saturated carbocycles. The SMILES string of the molecule is COc1cc(N)c(OC)c(CCOC(=O)c2cc(Cl)c(O)cc2O)c1OC. The number of phenols is 2. The number of esters is 1. The topological polar surface area (TPSA) is 120 Å². The first kappa shape index (κ1) is 20.3. The summed E-state index contributed by atoms with van der Waals surface area (Å²) in [6.45, 7) is -0.0594. The van der Waals surface area contributed by atoms with Crippen molar-refractivity contribution in [3.05, 3.63) is 34.3 Å². The third-order valence-corrected chi connectivity index (χ3v) is 4.12. The minimum atomic E-state index is -0.803. The molecule has 0 unspecified atom stereocenters. The van der Waals surface area contributed by atoms with Crippen LogP contribution in [0.1, 0.15) is 15.9 Å². The number of hydrogen-bond donors (Lipinski definition) is 3. The predicted octanol–water partition coefficient (Wildman–Crippen LogP) is 2.76. The number of ether oxygens (including phenoxy) is 4. The molecule has 0 atom stereocenters. The Morgan fingerprint density at radius 3 is 2.30 bits per heavy atom.